The fourth-order valence-corrected chi connectivity index (χ4v) is 0.566. The highest BCUT2D eigenvalue weighted by atomic mass is 35.5. The van der Waals surface area contributed by atoms with Crippen molar-refractivity contribution in [3.05, 3.63) is 12.2 Å². The number of anilines is 1. The monoisotopic (exact) mass is 162 g/mol. The van der Waals surface area contributed by atoms with Gasteiger partial charge in [0.15, 0.2) is 11.7 Å². The Labute approximate surface area is 66.0 Å². The molecule has 1 aromatic heterocycles. The van der Waals surface area contributed by atoms with Gasteiger partial charge in [0, 0.05) is 5.92 Å². The second-order valence-corrected chi connectivity index (χ2v) is 2.27. The molecule has 0 fully saturated rings. The van der Waals surface area contributed by atoms with Crippen LogP contribution in [0.15, 0.2) is 10.7 Å². The average molecular weight is 163 g/mol. The summed E-state index contributed by atoms with van der Waals surface area (Å²) >= 11 is 0. The number of rotatable bonds is 1. The van der Waals surface area contributed by atoms with Crippen LogP contribution in [0.25, 0.3) is 0 Å². The average Bonchev–Trinajstić information content (AvgIpc) is 2.14. The molecule has 1 aromatic rings. The number of aromatic nitrogens is 1. The van der Waals surface area contributed by atoms with Crippen LogP contribution in [-0.2, 0) is 0 Å². The van der Waals surface area contributed by atoms with Gasteiger partial charge in [0.25, 0.3) is 0 Å². The Morgan fingerprint density at radius 1 is 1.60 bits per heavy atom. The summed E-state index contributed by atoms with van der Waals surface area (Å²) in [6.07, 6.45) is 1.45. The Hall–Kier alpha value is -0.700. The van der Waals surface area contributed by atoms with Crippen molar-refractivity contribution in [1.29, 1.82) is 0 Å². The van der Waals surface area contributed by atoms with Gasteiger partial charge >= 0.3 is 0 Å². The van der Waals surface area contributed by atoms with Gasteiger partial charge in [-0.05, 0) is 0 Å². The van der Waals surface area contributed by atoms with E-state index in [-0.39, 0.29) is 12.4 Å². The summed E-state index contributed by atoms with van der Waals surface area (Å²) in [7, 11) is 0. The van der Waals surface area contributed by atoms with E-state index in [1.807, 2.05) is 13.8 Å². The van der Waals surface area contributed by atoms with Gasteiger partial charge in [-0.2, -0.15) is 4.98 Å². The zero-order chi connectivity index (χ0) is 6.85. The Balaban J connectivity index is 0.000000810. The molecule has 1 rings (SSSR count). The molecule has 2 N–H and O–H groups in total. The van der Waals surface area contributed by atoms with Gasteiger partial charge in [0.05, 0.1) is 0 Å². The number of hydrogen-bond donors (Lipinski definition) is 1. The first-order valence-corrected chi connectivity index (χ1v) is 2.91. The first-order valence-electron chi connectivity index (χ1n) is 2.91. The van der Waals surface area contributed by atoms with E-state index >= 15 is 0 Å². The second kappa shape index (κ2) is 3.46. The van der Waals surface area contributed by atoms with Gasteiger partial charge in [-0.3, -0.25) is 0 Å². The SMILES string of the molecule is CC(C)c1nc(N)co1.Cl. The van der Waals surface area contributed by atoms with Crippen molar-refractivity contribution in [3.8, 4) is 0 Å². The minimum Gasteiger partial charge on any atom is -0.446 e. The number of hydrogen-bond acceptors (Lipinski definition) is 3. The smallest absolute Gasteiger partial charge is 0.198 e. The Kier molecular flexibility index (Phi) is 3.22. The number of halogens is 1. The molecule has 0 aliphatic heterocycles. The third kappa shape index (κ3) is 1.92. The van der Waals surface area contributed by atoms with Gasteiger partial charge in [0.2, 0.25) is 0 Å². The molecule has 0 bridgehead atoms. The van der Waals surface area contributed by atoms with Crippen LogP contribution in [-0.4, -0.2) is 4.98 Å². The van der Waals surface area contributed by atoms with Crippen LogP contribution in [0.2, 0.25) is 0 Å². The van der Waals surface area contributed by atoms with E-state index in [0.29, 0.717) is 17.6 Å². The summed E-state index contributed by atoms with van der Waals surface area (Å²) < 4.78 is 4.99. The number of nitrogens with two attached hydrogens (primary N) is 1. The molecule has 0 saturated heterocycles. The van der Waals surface area contributed by atoms with Crippen molar-refractivity contribution in [1.82, 2.24) is 4.98 Å². The van der Waals surface area contributed by atoms with Crippen molar-refractivity contribution in [3.63, 3.8) is 0 Å². The van der Waals surface area contributed by atoms with Crippen LogP contribution >= 0.6 is 12.4 Å². The fraction of sp³-hybridized carbons (Fsp3) is 0.500. The summed E-state index contributed by atoms with van der Waals surface area (Å²) in [4.78, 5) is 3.92. The molecule has 0 radical (unpaired) electrons. The van der Waals surface area contributed by atoms with E-state index in [1.54, 1.807) is 0 Å². The molecular weight excluding hydrogens is 152 g/mol. The minimum atomic E-state index is 0. The summed E-state index contributed by atoms with van der Waals surface area (Å²) in [5, 5.41) is 0. The molecule has 0 unspecified atom stereocenters. The van der Waals surface area contributed by atoms with Crippen molar-refractivity contribution in [2.45, 2.75) is 19.8 Å². The van der Waals surface area contributed by atoms with Gasteiger partial charge in [0.1, 0.15) is 6.26 Å². The molecule has 0 aromatic carbocycles. The molecule has 0 amide bonds. The molecule has 3 nitrogen and oxygen atoms in total. The lowest BCUT2D eigenvalue weighted by Crippen LogP contribution is -1.88. The van der Waals surface area contributed by atoms with Crippen molar-refractivity contribution < 1.29 is 4.42 Å². The highest BCUT2D eigenvalue weighted by molar-refractivity contribution is 5.85. The Morgan fingerprint density at radius 2 is 2.20 bits per heavy atom. The van der Waals surface area contributed by atoms with Crippen LogP contribution in [0, 0.1) is 0 Å². The maximum Gasteiger partial charge on any atom is 0.198 e. The van der Waals surface area contributed by atoms with E-state index < -0.39 is 0 Å². The van der Waals surface area contributed by atoms with Gasteiger partial charge in [-0.25, -0.2) is 0 Å². The first kappa shape index (κ1) is 9.30. The first-order chi connectivity index (χ1) is 4.20. The molecule has 0 aliphatic rings. The van der Waals surface area contributed by atoms with Crippen LogP contribution in [0.1, 0.15) is 25.7 Å². The van der Waals surface area contributed by atoms with Crippen LogP contribution < -0.4 is 5.73 Å². The third-order valence-corrected chi connectivity index (χ3v) is 1.03. The van der Waals surface area contributed by atoms with Crippen molar-refractivity contribution >= 4 is 18.2 Å². The van der Waals surface area contributed by atoms with Gasteiger partial charge in [-0.1, -0.05) is 13.8 Å². The number of oxazole rings is 1. The molecule has 4 heteroatoms. The molecule has 0 spiro atoms. The van der Waals surface area contributed by atoms with Crippen molar-refractivity contribution in [2.75, 3.05) is 5.73 Å². The summed E-state index contributed by atoms with van der Waals surface area (Å²) in [6, 6.07) is 0. The lowest BCUT2D eigenvalue weighted by atomic mass is 10.2. The van der Waals surface area contributed by atoms with Crippen LogP contribution in [0.4, 0.5) is 5.82 Å². The predicted octanol–water partition coefficient (Wildman–Crippen LogP) is 1.80. The molecule has 1 heterocycles. The maximum atomic E-state index is 5.31. The minimum absolute atomic E-state index is 0. The third-order valence-electron chi connectivity index (χ3n) is 1.03. The van der Waals surface area contributed by atoms with E-state index in [2.05, 4.69) is 4.98 Å². The van der Waals surface area contributed by atoms with Crippen molar-refractivity contribution in [2.24, 2.45) is 0 Å². The predicted molar refractivity (Wildman–Crippen MR) is 42.3 cm³/mol. The van der Waals surface area contributed by atoms with E-state index in [4.69, 9.17) is 10.2 Å². The lowest BCUT2D eigenvalue weighted by Gasteiger charge is -1.93. The van der Waals surface area contributed by atoms with Crippen LogP contribution in [0.5, 0.6) is 0 Å². The summed E-state index contributed by atoms with van der Waals surface area (Å²) in [5.41, 5.74) is 5.31. The molecule has 10 heavy (non-hydrogen) atoms. The summed E-state index contributed by atoms with van der Waals surface area (Å²) in [5.74, 6) is 1.48. The fourth-order valence-electron chi connectivity index (χ4n) is 0.566. The second-order valence-electron chi connectivity index (χ2n) is 2.27. The Bertz CT molecular complexity index is 197. The Morgan fingerprint density at radius 3 is 2.40 bits per heavy atom. The summed E-state index contributed by atoms with van der Waals surface area (Å²) in [6.45, 7) is 4.01. The van der Waals surface area contributed by atoms with Crippen LogP contribution in [0.3, 0.4) is 0 Å². The maximum absolute atomic E-state index is 5.31. The topological polar surface area (TPSA) is 52.0 Å². The van der Waals surface area contributed by atoms with Gasteiger partial charge < -0.3 is 10.2 Å². The van der Waals surface area contributed by atoms with E-state index in [9.17, 15) is 0 Å². The molecule has 0 aliphatic carbocycles. The number of nitrogen functional groups attached to an aromatic ring is 1. The molecule has 0 atom stereocenters. The zero-order valence-electron chi connectivity index (χ0n) is 6.00. The largest absolute Gasteiger partial charge is 0.446 e. The highest BCUT2D eigenvalue weighted by Gasteiger charge is 2.03. The van der Waals surface area contributed by atoms with Gasteiger partial charge in [-0.15, -0.1) is 12.4 Å². The molecule has 0 saturated carbocycles. The zero-order valence-corrected chi connectivity index (χ0v) is 6.81. The van der Waals surface area contributed by atoms with E-state index in [1.165, 1.54) is 6.26 Å². The van der Waals surface area contributed by atoms with E-state index in [0.717, 1.165) is 0 Å². The standard InChI is InChI=1S/C6H10N2O.ClH/c1-4(2)6-8-5(7)3-9-6;/h3-4H,7H2,1-2H3;1H. The molecular formula is C6H11ClN2O. The lowest BCUT2D eigenvalue weighted by molar-refractivity contribution is 0.471. The number of nitrogens with zero attached hydrogens (tertiary/aromatic N) is 1. The molecule has 58 valence electrons. The highest BCUT2D eigenvalue weighted by Crippen LogP contribution is 2.13. The quantitative estimate of drug-likeness (QED) is 0.685. The normalized spacial score (nSPS) is 9.50.